The van der Waals surface area contributed by atoms with Crippen LogP contribution in [-0.4, -0.2) is 15.7 Å². The fourth-order valence-electron chi connectivity index (χ4n) is 2.65. The van der Waals surface area contributed by atoms with Gasteiger partial charge in [0, 0.05) is 6.07 Å². The zero-order valence-corrected chi connectivity index (χ0v) is 13.7. The normalized spacial score (nSPS) is 10.7. The van der Waals surface area contributed by atoms with E-state index in [4.69, 9.17) is 0 Å². The summed E-state index contributed by atoms with van der Waals surface area (Å²) >= 11 is 0. The number of anilines is 1. The van der Waals surface area contributed by atoms with Gasteiger partial charge in [-0.1, -0.05) is 37.3 Å². The summed E-state index contributed by atoms with van der Waals surface area (Å²) in [6.07, 6.45) is 2.04. The van der Waals surface area contributed by atoms with Crippen LogP contribution in [0.4, 0.5) is 14.5 Å². The third kappa shape index (κ3) is 3.74. The van der Waals surface area contributed by atoms with Crippen molar-refractivity contribution in [2.45, 2.75) is 19.9 Å². The average Bonchev–Trinajstić information content (AvgIpc) is 3.01. The van der Waals surface area contributed by atoms with Crippen LogP contribution in [0.2, 0.25) is 0 Å². The first-order valence-electron chi connectivity index (χ1n) is 7.93. The van der Waals surface area contributed by atoms with Gasteiger partial charge in [-0.25, -0.2) is 8.78 Å². The minimum absolute atomic E-state index is 0.192. The maximum absolute atomic E-state index is 13.7. The molecule has 128 valence electrons. The third-order valence-corrected chi connectivity index (χ3v) is 3.88. The summed E-state index contributed by atoms with van der Waals surface area (Å²) in [5.74, 6) is -1.82. The molecule has 2 aromatic carbocycles. The van der Waals surface area contributed by atoms with Crippen LogP contribution in [0.25, 0.3) is 0 Å². The Balaban J connectivity index is 1.84. The Kier molecular flexibility index (Phi) is 4.88. The van der Waals surface area contributed by atoms with Gasteiger partial charge in [0.1, 0.15) is 11.6 Å². The van der Waals surface area contributed by atoms with Crippen molar-refractivity contribution in [2.24, 2.45) is 0 Å². The summed E-state index contributed by atoms with van der Waals surface area (Å²) in [5, 5.41) is 6.68. The van der Waals surface area contributed by atoms with Crippen molar-refractivity contribution in [1.29, 1.82) is 0 Å². The van der Waals surface area contributed by atoms with Gasteiger partial charge in [-0.05, 0) is 24.1 Å². The maximum Gasteiger partial charge on any atom is 0.259 e. The van der Waals surface area contributed by atoms with Crippen molar-refractivity contribution in [3.63, 3.8) is 0 Å². The molecule has 1 heterocycles. The summed E-state index contributed by atoms with van der Waals surface area (Å²) in [7, 11) is 0. The molecule has 6 heteroatoms. The van der Waals surface area contributed by atoms with Gasteiger partial charge >= 0.3 is 0 Å². The molecule has 1 N–H and O–H groups in total. The van der Waals surface area contributed by atoms with Crippen LogP contribution in [0.5, 0.6) is 0 Å². The second-order valence-electron chi connectivity index (χ2n) is 5.58. The number of nitrogens with zero attached hydrogens (tertiary/aromatic N) is 2. The summed E-state index contributed by atoms with van der Waals surface area (Å²) in [4.78, 5) is 12.5. The fraction of sp³-hybridized carbons (Fsp3) is 0.158. The highest BCUT2D eigenvalue weighted by Crippen LogP contribution is 2.18. The van der Waals surface area contributed by atoms with E-state index < -0.39 is 17.5 Å². The van der Waals surface area contributed by atoms with E-state index in [1.54, 1.807) is 4.68 Å². The number of halogens is 2. The molecule has 0 aliphatic rings. The Hall–Kier alpha value is -3.02. The third-order valence-electron chi connectivity index (χ3n) is 3.88. The van der Waals surface area contributed by atoms with Crippen LogP contribution in [0.3, 0.4) is 0 Å². The van der Waals surface area contributed by atoms with Crippen LogP contribution in [0.1, 0.15) is 28.5 Å². The quantitative estimate of drug-likeness (QED) is 0.762. The molecule has 4 nitrogen and oxygen atoms in total. The molecule has 0 aliphatic heterocycles. The average molecular weight is 341 g/mol. The smallest absolute Gasteiger partial charge is 0.259 e. The molecule has 0 radical (unpaired) electrons. The Morgan fingerprint density at radius 1 is 1.16 bits per heavy atom. The van der Waals surface area contributed by atoms with Gasteiger partial charge in [0.15, 0.2) is 0 Å². The van der Waals surface area contributed by atoms with E-state index in [1.807, 2.05) is 37.3 Å². The second kappa shape index (κ2) is 7.25. The molecule has 0 spiro atoms. The van der Waals surface area contributed by atoms with Gasteiger partial charge in [0.05, 0.1) is 29.7 Å². The lowest BCUT2D eigenvalue weighted by Gasteiger charge is -2.09. The van der Waals surface area contributed by atoms with Gasteiger partial charge in [-0.3, -0.25) is 9.48 Å². The van der Waals surface area contributed by atoms with Gasteiger partial charge in [-0.2, -0.15) is 5.10 Å². The van der Waals surface area contributed by atoms with E-state index >= 15 is 0 Å². The number of carbonyl (C=O) groups is 1. The number of amides is 1. The van der Waals surface area contributed by atoms with E-state index in [0.717, 1.165) is 29.5 Å². The molecule has 0 saturated heterocycles. The van der Waals surface area contributed by atoms with Crippen molar-refractivity contribution >= 4 is 11.6 Å². The number of aromatic nitrogens is 2. The van der Waals surface area contributed by atoms with Gasteiger partial charge in [0.25, 0.3) is 5.91 Å². The van der Waals surface area contributed by atoms with E-state index in [9.17, 15) is 13.6 Å². The molecular formula is C19H17F2N3O. The standard InChI is InChI=1S/C19H17F2N3O/c1-2-18-15(11-22-24(18)12-13-6-4-3-5-7-13)19(25)23-17-10-14(20)8-9-16(17)21/h3-11H,2,12H2,1H3,(H,23,25). The molecule has 0 bridgehead atoms. The molecule has 0 unspecified atom stereocenters. The molecular weight excluding hydrogens is 324 g/mol. The molecule has 0 fully saturated rings. The van der Waals surface area contributed by atoms with Crippen LogP contribution >= 0.6 is 0 Å². The largest absolute Gasteiger partial charge is 0.319 e. The Labute approximate surface area is 144 Å². The number of hydrogen-bond donors (Lipinski definition) is 1. The Bertz CT molecular complexity index is 891. The first-order chi connectivity index (χ1) is 12.1. The minimum atomic E-state index is -0.690. The second-order valence-corrected chi connectivity index (χ2v) is 5.58. The number of rotatable bonds is 5. The van der Waals surface area contributed by atoms with E-state index in [0.29, 0.717) is 18.5 Å². The van der Waals surface area contributed by atoms with E-state index in [2.05, 4.69) is 10.4 Å². The summed E-state index contributed by atoms with van der Waals surface area (Å²) in [6.45, 7) is 2.45. The SMILES string of the molecule is CCc1c(C(=O)Nc2cc(F)ccc2F)cnn1Cc1ccccc1. The van der Waals surface area contributed by atoms with Gasteiger partial charge in [-0.15, -0.1) is 0 Å². The van der Waals surface area contributed by atoms with Crippen molar-refractivity contribution in [3.05, 3.63) is 83.2 Å². The lowest BCUT2D eigenvalue weighted by atomic mass is 10.1. The van der Waals surface area contributed by atoms with Crippen molar-refractivity contribution in [3.8, 4) is 0 Å². The van der Waals surface area contributed by atoms with Crippen molar-refractivity contribution in [2.75, 3.05) is 5.32 Å². The van der Waals surface area contributed by atoms with Crippen LogP contribution in [0.15, 0.2) is 54.7 Å². The Morgan fingerprint density at radius 3 is 2.64 bits per heavy atom. The van der Waals surface area contributed by atoms with Crippen molar-refractivity contribution in [1.82, 2.24) is 9.78 Å². The van der Waals surface area contributed by atoms with Gasteiger partial charge < -0.3 is 5.32 Å². The lowest BCUT2D eigenvalue weighted by Crippen LogP contribution is -2.16. The molecule has 1 amide bonds. The molecule has 0 saturated carbocycles. The highest BCUT2D eigenvalue weighted by Gasteiger charge is 2.18. The molecule has 1 aromatic heterocycles. The van der Waals surface area contributed by atoms with Gasteiger partial charge in [0.2, 0.25) is 0 Å². The molecule has 0 aliphatic carbocycles. The van der Waals surface area contributed by atoms with Crippen molar-refractivity contribution < 1.29 is 13.6 Å². The number of carbonyl (C=O) groups excluding carboxylic acids is 1. The van der Waals surface area contributed by atoms with Crippen LogP contribution in [-0.2, 0) is 13.0 Å². The summed E-state index contributed by atoms with van der Waals surface area (Å²) in [6, 6.07) is 12.7. The van der Waals surface area contributed by atoms with E-state index in [-0.39, 0.29) is 5.69 Å². The molecule has 0 atom stereocenters. The lowest BCUT2D eigenvalue weighted by molar-refractivity contribution is 0.102. The first kappa shape index (κ1) is 16.8. The van der Waals surface area contributed by atoms with Crippen LogP contribution < -0.4 is 5.32 Å². The zero-order valence-electron chi connectivity index (χ0n) is 13.7. The topological polar surface area (TPSA) is 46.9 Å². The Morgan fingerprint density at radius 2 is 1.92 bits per heavy atom. The fourth-order valence-corrected chi connectivity index (χ4v) is 2.65. The predicted octanol–water partition coefficient (Wildman–Crippen LogP) is 4.02. The highest BCUT2D eigenvalue weighted by molar-refractivity contribution is 6.05. The zero-order chi connectivity index (χ0) is 17.8. The number of benzene rings is 2. The molecule has 3 aromatic rings. The van der Waals surface area contributed by atoms with E-state index in [1.165, 1.54) is 6.20 Å². The monoisotopic (exact) mass is 341 g/mol. The maximum atomic E-state index is 13.7. The molecule has 25 heavy (non-hydrogen) atoms. The predicted molar refractivity (Wildman–Crippen MR) is 91.5 cm³/mol. The number of nitrogens with one attached hydrogen (secondary N) is 1. The number of hydrogen-bond acceptors (Lipinski definition) is 2. The molecule has 3 rings (SSSR count). The summed E-state index contributed by atoms with van der Waals surface area (Å²) in [5.41, 5.74) is 1.95. The summed E-state index contributed by atoms with van der Waals surface area (Å²) < 4.78 is 28.7. The highest BCUT2D eigenvalue weighted by atomic mass is 19.1. The van der Waals surface area contributed by atoms with Crippen LogP contribution in [0, 0.1) is 11.6 Å². The minimum Gasteiger partial charge on any atom is -0.319 e. The first-order valence-corrected chi connectivity index (χ1v) is 7.93.